The van der Waals surface area contributed by atoms with Crippen LogP contribution >= 0.6 is 0 Å². The standard InChI is InChI=1S/C13H13N3O4/c1-8-3-5-10(16(18)19)7-11(8)13-14-12(20-15-13)6-4-9(2)17/h3,5,7H,4,6H2,1-2H3. The lowest BCUT2D eigenvalue weighted by Crippen LogP contribution is -1.94. The fourth-order valence-corrected chi connectivity index (χ4v) is 1.71. The summed E-state index contributed by atoms with van der Waals surface area (Å²) in [5, 5.41) is 14.6. The Hall–Kier alpha value is -2.57. The van der Waals surface area contributed by atoms with Crippen LogP contribution in [0.2, 0.25) is 0 Å². The van der Waals surface area contributed by atoms with Crippen LogP contribution in [-0.2, 0) is 11.2 Å². The van der Waals surface area contributed by atoms with Gasteiger partial charge >= 0.3 is 0 Å². The van der Waals surface area contributed by atoms with Crippen LogP contribution in [0.3, 0.4) is 0 Å². The number of Topliss-reactive ketones (excluding diaryl/α,β-unsaturated/α-hetero) is 1. The van der Waals surface area contributed by atoms with E-state index in [2.05, 4.69) is 10.1 Å². The SMILES string of the molecule is CC(=O)CCc1nc(-c2cc([N+](=O)[O-])ccc2C)no1. The highest BCUT2D eigenvalue weighted by Crippen LogP contribution is 2.25. The van der Waals surface area contributed by atoms with Crippen molar-refractivity contribution in [1.82, 2.24) is 10.1 Å². The molecule has 0 atom stereocenters. The molecule has 1 aromatic heterocycles. The number of non-ortho nitro benzene ring substituents is 1. The van der Waals surface area contributed by atoms with E-state index in [9.17, 15) is 14.9 Å². The smallest absolute Gasteiger partial charge is 0.270 e. The molecule has 0 N–H and O–H groups in total. The minimum atomic E-state index is -0.473. The van der Waals surface area contributed by atoms with Crippen molar-refractivity contribution < 1.29 is 14.2 Å². The van der Waals surface area contributed by atoms with E-state index < -0.39 is 4.92 Å². The third-order valence-corrected chi connectivity index (χ3v) is 2.83. The molecule has 7 heteroatoms. The van der Waals surface area contributed by atoms with E-state index in [0.29, 0.717) is 30.1 Å². The number of nitro benzene ring substituents is 1. The van der Waals surface area contributed by atoms with Crippen LogP contribution in [0, 0.1) is 17.0 Å². The Morgan fingerprint density at radius 2 is 2.20 bits per heavy atom. The number of hydrogen-bond acceptors (Lipinski definition) is 6. The van der Waals surface area contributed by atoms with Gasteiger partial charge in [-0.05, 0) is 19.4 Å². The van der Waals surface area contributed by atoms with Gasteiger partial charge in [0.2, 0.25) is 11.7 Å². The van der Waals surface area contributed by atoms with Crippen molar-refractivity contribution >= 4 is 11.5 Å². The van der Waals surface area contributed by atoms with E-state index in [4.69, 9.17) is 4.52 Å². The van der Waals surface area contributed by atoms with Crippen LogP contribution in [0.25, 0.3) is 11.4 Å². The first kappa shape index (κ1) is 13.9. The zero-order valence-electron chi connectivity index (χ0n) is 11.1. The molecule has 104 valence electrons. The molecule has 0 unspecified atom stereocenters. The van der Waals surface area contributed by atoms with Gasteiger partial charge in [-0.3, -0.25) is 10.1 Å². The summed E-state index contributed by atoms with van der Waals surface area (Å²) < 4.78 is 5.04. The fourth-order valence-electron chi connectivity index (χ4n) is 1.71. The molecular formula is C13H13N3O4. The van der Waals surface area contributed by atoms with Crippen LogP contribution in [0.5, 0.6) is 0 Å². The molecule has 2 aromatic rings. The predicted octanol–water partition coefficient (Wildman–Crippen LogP) is 2.47. The van der Waals surface area contributed by atoms with E-state index in [1.807, 2.05) is 6.92 Å². The molecule has 0 aliphatic rings. The molecule has 0 spiro atoms. The third-order valence-electron chi connectivity index (χ3n) is 2.83. The molecule has 0 radical (unpaired) electrons. The Morgan fingerprint density at radius 3 is 2.85 bits per heavy atom. The Bertz CT molecular complexity index is 663. The monoisotopic (exact) mass is 275 g/mol. The summed E-state index contributed by atoms with van der Waals surface area (Å²) >= 11 is 0. The molecular weight excluding hydrogens is 262 g/mol. The number of aromatic nitrogens is 2. The lowest BCUT2D eigenvalue weighted by Gasteiger charge is -2.00. The summed E-state index contributed by atoms with van der Waals surface area (Å²) in [7, 11) is 0. The Balaban J connectivity index is 2.29. The minimum Gasteiger partial charge on any atom is -0.339 e. The van der Waals surface area contributed by atoms with E-state index in [0.717, 1.165) is 5.56 Å². The van der Waals surface area contributed by atoms with Crippen LogP contribution < -0.4 is 0 Å². The third kappa shape index (κ3) is 3.05. The van der Waals surface area contributed by atoms with E-state index in [1.54, 1.807) is 6.07 Å². The van der Waals surface area contributed by atoms with Gasteiger partial charge in [-0.1, -0.05) is 11.2 Å². The second-order valence-electron chi connectivity index (χ2n) is 4.47. The highest BCUT2D eigenvalue weighted by Gasteiger charge is 2.15. The van der Waals surface area contributed by atoms with Gasteiger partial charge in [0, 0.05) is 30.5 Å². The molecule has 0 aliphatic heterocycles. The van der Waals surface area contributed by atoms with Gasteiger partial charge in [-0.25, -0.2) is 0 Å². The number of hydrogen-bond donors (Lipinski definition) is 0. The summed E-state index contributed by atoms with van der Waals surface area (Å²) in [6, 6.07) is 4.48. The lowest BCUT2D eigenvalue weighted by molar-refractivity contribution is -0.384. The summed E-state index contributed by atoms with van der Waals surface area (Å²) in [4.78, 5) is 25.4. The number of nitro groups is 1. The predicted molar refractivity (Wildman–Crippen MR) is 70.1 cm³/mol. The van der Waals surface area contributed by atoms with Crippen molar-refractivity contribution in [3.05, 3.63) is 39.8 Å². The molecule has 0 bridgehead atoms. The first-order valence-electron chi connectivity index (χ1n) is 6.05. The van der Waals surface area contributed by atoms with Gasteiger partial charge in [0.05, 0.1) is 4.92 Å². The molecule has 20 heavy (non-hydrogen) atoms. The number of carbonyl (C=O) groups is 1. The normalized spacial score (nSPS) is 10.5. The molecule has 0 fully saturated rings. The average Bonchev–Trinajstić information content (AvgIpc) is 2.85. The molecule has 0 aliphatic carbocycles. The summed E-state index contributed by atoms with van der Waals surface area (Å²) in [5.74, 6) is 0.683. The highest BCUT2D eigenvalue weighted by molar-refractivity contribution is 5.75. The highest BCUT2D eigenvalue weighted by atomic mass is 16.6. The molecule has 0 amide bonds. The van der Waals surface area contributed by atoms with E-state index >= 15 is 0 Å². The molecule has 7 nitrogen and oxygen atoms in total. The van der Waals surface area contributed by atoms with Gasteiger partial charge in [0.15, 0.2) is 0 Å². The van der Waals surface area contributed by atoms with Crippen molar-refractivity contribution in [3.8, 4) is 11.4 Å². The van der Waals surface area contributed by atoms with Crippen LogP contribution in [-0.4, -0.2) is 20.8 Å². The summed E-state index contributed by atoms with van der Waals surface area (Å²) in [6.07, 6.45) is 0.700. The first-order valence-corrected chi connectivity index (χ1v) is 6.05. The summed E-state index contributed by atoms with van der Waals surface area (Å²) in [5.41, 5.74) is 1.34. The Labute approximate surface area is 114 Å². The van der Waals surface area contributed by atoms with Crippen molar-refractivity contribution in [1.29, 1.82) is 0 Å². The van der Waals surface area contributed by atoms with Crippen molar-refractivity contribution in [3.63, 3.8) is 0 Å². The van der Waals surface area contributed by atoms with E-state index in [1.165, 1.54) is 19.1 Å². The Kier molecular flexibility index (Phi) is 3.88. The van der Waals surface area contributed by atoms with Crippen LogP contribution in [0.4, 0.5) is 5.69 Å². The number of benzene rings is 1. The second-order valence-corrected chi connectivity index (χ2v) is 4.47. The fraction of sp³-hybridized carbons (Fsp3) is 0.308. The topological polar surface area (TPSA) is 99.1 Å². The van der Waals surface area contributed by atoms with Gasteiger partial charge in [-0.2, -0.15) is 4.98 Å². The van der Waals surface area contributed by atoms with Crippen molar-refractivity contribution in [2.24, 2.45) is 0 Å². The summed E-state index contributed by atoms with van der Waals surface area (Å²) in [6.45, 7) is 3.30. The maximum atomic E-state index is 10.9. The van der Waals surface area contributed by atoms with Gasteiger partial charge in [0.1, 0.15) is 5.78 Å². The number of aryl methyl sites for hydroxylation is 2. The lowest BCUT2D eigenvalue weighted by atomic mass is 10.1. The minimum absolute atomic E-state index is 0.0271. The average molecular weight is 275 g/mol. The number of rotatable bonds is 5. The van der Waals surface area contributed by atoms with Gasteiger partial charge in [-0.15, -0.1) is 0 Å². The van der Waals surface area contributed by atoms with Crippen molar-refractivity contribution in [2.45, 2.75) is 26.7 Å². The maximum absolute atomic E-state index is 10.9. The molecule has 0 saturated heterocycles. The molecule has 2 rings (SSSR count). The molecule has 1 heterocycles. The zero-order chi connectivity index (χ0) is 14.7. The van der Waals surface area contributed by atoms with Crippen LogP contribution in [0.15, 0.2) is 22.7 Å². The molecule has 0 saturated carbocycles. The van der Waals surface area contributed by atoms with E-state index in [-0.39, 0.29) is 11.5 Å². The number of ketones is 1. The second kappa shape index (κ2) is 5.60. The Morgan fingerprint density at radius 1 is 1.45 bits per heavy atom. The van der Waals surface area contributed by atoms with Gasteiger partial charge < -0.3 is 9.32 Å². The number of carbonyl (C=O) groups excluding carboxylic acids is 1. The maximum Gasteiger partial charge on any atom is 0.270 e. The van der Waals surface area contributed by atoms with Gasteiger partial charge in [0.25, 0.3) is 5.69 Å². The quantitative estimate of drug-likeness (QED) is 0.614. The zero-order valence-corrected chi connectivity index (χ0v) is 11.1. The van der Waals surface area contributed by atoms with Crippen molar-refractivity contribution in [2.75, 3.05) is 0 Å². The van der Waals surface area contributed by atoms with Crippen LogP contribution in [0.1, 0.15) is 24.8 Å². The number of nitrogens with zero attached hydrogens (tertiary/aromatic N) is 3. The largest absolute Gasteiger partial charge is 0.339 e. The molecule has 1 aromatic carbocycles. The first-order chi connectivity index (χ1) is 9.47.